The van der Waals surface area contributed by atoms with Gasteiger partial charge in [-0.25, -0.2) is 8.42 Å². The molecule has 1 spiro atoms. The number of carbonyl (C=O) groups is 1. The van der Waals surface area contributed by atoms with Gasteiger partial charge >= 0.3 is 0 Å². The van der Waals surface area contributed by atoms with Crippen molar-refractivity contribution in [3.63, 3.8) is 0 Å². The van der Waals surface area contributed by atoms with Crippen LogP contribution in [0.25, 0.3) is 0 Å². The Morgan fingerprint density at radius 1 is 1.30 bits per heavy atom. The normalized spacial score (nSPS) is 27.4. The van der Waals surface area contributed by atoms with Crippen molar-refractivity contribution in [3.05, 3.63) is 52.3 Å². The van der Waals surface area contributed by atoms with Crippen LogP contribution in [-0.2, 0) is 31.5 Å². The Balaban J connectivity index is 1.26. The van der Waals surface area contributed by atoms with Crippen LogP contribution in [-0.4, -0.2) is 54.0 Å². The van der Waals surface area contributed by atoms with Gasteiger partial charge in [0.15, 0.2) is 16.1 Å². The lowest BCUT2D eigenvalue weighted by Gasteiger charge is -2.39. The Morgan fingerprint density at radius 2 is 2.10 bits per heavy atom. The van der Waals surface area contributed by atoms with Gasteiger partial charge in [0.25, 0.3) is 0 Å². The number of carbonyl (C=O) groups excluding carboxylic acids is 1. The van der Waals surface area contributed by atoms with Crippen molar-refractivity contribution in [2.45, 2.75) is 43.6 Å². The number of hydrogen-bond donors (Lipinski definition) is 0. The number of sulfone groups is 1. The minimum atomic E-state index is -2.93. The fraction of sp³-hybridized carbons (Fsp3) is 0.524. The first kappa shape index (κ1) is 20.2. The van der Waals surface area contributed by atoms with Crippen LogP contribution >= 0.6 is 11.6 Å². The summed E-state index contributed by atoms with van der Waals surface area (Å²) in [6.07, 6.45) is 6.36. The Labute approximate surface area is 180 Å². The number of fused-ring (bicyclic) bond motifs is 2. The first-order valence-electron chi connectivity index (χ1n) is 10.3. The van der Waals surface area contributed by atoms with Gasteiger partial charge in [-0.2, -0.15) is 5.10 Å². The number of likely N-dealkylation sites (tertiary alicyclic amines) is 1. The summed E-state index contributed by atoms with van der Waals surface area (Å²) in [5.41, 5.74) is 2.60. The van der Waals surface area contributed by atoms with E-state index in [1.807, 2.05) is 30.6 Å². The molecular formula is C21H24ClN3O4S. The van der Waals surface area contributed by atoms with E-state index in [4.69, 9.17) is 16.3 Å². The topological polar surface area (TPSA) is 81.5 Å². The smallest absolute Gasteiger partial charge is 0.153 e. The van der Waals surface area contributed by atoms with Gasteiger partial charge in [-0.15, -0.1) is 0 Å². The molecule has 0 saturated carbocycles. The van der Waals surface area contributed by atoms with Crippen LogP contribution in [0.15, 0.2) is 30.6 Å². The largest absolute Gasteiger partial charge is 0.355 e. The fourth-order valence-electron chi connectivity index (χ4n) is 5.00. The summed E-state index contributed by atoms with van der Waals surface area (Å²) < 4.78 is 31.5. The molecule has 2 atom stereocenters. The molecule has 30 heavy (non-hydrogen) atoms. The summed E-state index contributed by atoms with van der Waals surface area (Å²) in [4.78, 5) is 13.9. The molecule has 9 heteroatoms. The zero-order chi connectivity index (χ0) is 20.9. The molecule has 1 aromatic heterocycles. The maximum absolute atomic E-state index is 11.7. The zero-order valence-electron chi connectivity index (χ0n) is 16.5. The second kappa shape index (κ2) is 7.44. The van der Waals surface area contributed by atoms with Crippen LogP contribution in [0.4, 0.5) is 0 Å². The summed E-state index contributed by atoms with van der Waals surface area (Å²) in [5.74, 6) is 0.423. The average Bonchev–Trinajstić information content (AvgIpc) is 3.40. The molecule has 1 aromatic carbocycles. The number of rotatable bonds is 4. The number of nitrogens with zero attached hydrogens (tertiary/aromatic N) is 3. The number of piperidine rings is 1. The van der Waals surface area contributed by atoms with Crippen molar-refractivity contribution < 1.29 is 17.9 Å². The lowest BCUT2D eigenvalue weighted by atomic mass is 9.83. The van der Waals surface area contributed by atoms with Gasteiger partial charge in [0.2, 0.25) is 0 Å². The quantitative estimate of drug-likeness (QED) is 0.667. The van der Waals surface area contributed by atoms with E-state index < -0.39 is 21.5 Å². The van der Waals surface area contributed by atoms with Crippen molar-refractivity contribution in [1.29, 1.82) is 0 Å². The number of aromatic nitrogens is 2. The van der Waals surface area contributed by atoms with E-state index >= 15 is 0 Å². The highest BCUT2D eigenvalue weighted by Gasteiger charge is 2.46. The molecule has 2 saturated heterocycles. The highest BCUT2D eigenvalue weighted by atomic mass is 35.5. The van der Waals surface area contributed by atoms with Crippen LogP contribution in [0.2, 0.25) is 5.02 Å². The van der Waals surface area contributed by atoms with Crippen molar-refractivity contribution in [2.24, 2.45) is 0 Å². The molecule has 2 aromatic rings. The lowest BCUT2D eigenvalue weighted by molar-refractivity contribution is -0.137. The summed E-state index contributed by atoms with van der Waals surface area (Å²) in [7, 11) is -2.93. The van der Waals surface area contributed by atoms with Gasteiger partial charge in [-0.05, 0) is 42.5 Å². The number of benzene rings is 1. The maximum Gasteiger partial charge on any atom is 0.153 e. The number of ether oxygens (including phenoxy) is 1. The Hall–Kier alpha value is -1.74. The molecule has 0 aliphatic carbocycles. The minimum Gasteiger partial charge on any atom is -0.355 e. The van der Waals surface area contributed by atoms with E-state index in [-0.39, 0.29) is 17.5 Å². The second-order valence-corrected chi connectivity index (χ2v) is 11.2. The molecule has 3 aliphatic rings. The standard InChI is InChI=1S/C21H24ClN3O4S/c22-16-1-2-18-19(9-16)21(29-20(18)13-26)4-6-24(7-5-21)11-15-10-23-25(12-15)17-3-8-30(27,28)14-17/h1-2,9-10,12-13,17,20H,3-8,11,14H2. The molecule has 7 nitrogen and oxygen atoms in total. The Morgan fingerprint density at radius 3 is 2.80 bits per heavy atom. The van der Waals surface area contributed by atoms with Gasteiger partial charge in [-0.3, -0.25) is 9.58 Å². The SMILES string of the molecule is O=CC1OC2(CCN(Cc3cnn(C4CCS(=O)(=O)C4)c3)CC2)c2cc(Cl)ccc21. The zero-order valence-corrected chi connectivity index (χ0v) is 18.1. The highest BCUT2D eigenvalue weighted by Crippen LogP contribution is 2.49. The molecule has 0 N–H and O–H groups in total. The first-order valence-corrected chi connectivity index (χ1v) is 12.5. The van der Waals surface area contributed by atoms with Gasteiger partial charge < -0.3 is 9.53 Å². The maximum atomic E-state index is 11.7. The van der Waals surface area contributed by atoms with Gasteiger partial charge in [-0.1, -0.05) is 17.7 Å². The molecule has 5 rings (SSSR count). The molecular weight excluding hydrogens is 426 g/mol. The fourth-order valence-corrected chi connectivity index (χ4v) is 6.88. The molecule has 160 valence electrons. The van der Waals surface area contributed by atoms with Crippen LogP contribution in [0.3, 0.4) is 0 Å². The molecule has 0 radical (unpaired) electrons. The van der Waals surface area contributed by atoms with Gasteiger partial charge in [0.1, 0.15) is 6.10 Å². The molecule has 3 aliphatic heterocycles. The van der Waals surface area contributed by atoms with E-state index in [1.54, 1.807) is 4.68 Å². The third-order valence-corrected chi connectivity index (χ3v) is 8.58. The van der Waals surface area contributed by atoms with Crippen LogP contribution in [0.5, 0.6) is 0 Å². The van der Waals surface area contributed by atoms with Crippen molar-refractivity contribution >= 4 is 27.7 Å². The average molecular weight is 450 g/mol. The van der Waals surface area contributed by atoms with Crippen molar-refractivity contribution in [1.82, 2.24) is 14.7 Å². The predicted molar refractivity (Wildman–Crippen MR) is 112 cm³/mol. The van der Waals surface area contributed by atoms with E-state index in [0.717, 1.165) is 55.5 Å². The molecule has 2 unspecified atom stereocenters. The van der Waals surface area contributed by atoms with Gasteiger partial charge in [0, 0.05) is 36.4 Å². The second-order valence-electron chi connectivity index (χ2n) is 8.56. The Kier molecular flexibility index (Phi) is 5.01. The third kappa shape index (κ3) is 3.60. The number of halogens is 1. The van der Waals surface area contributed by atoms with Crippen LogP contribution in [0, 0.1) is 0 Å². The van der Waals surface area contributed by atoms with E-state index in [1.165, 1.54) is 0 Å². The molecule has 4 heterocycles. The first-order chi connectivity index (χ1) is 14.4. The Bertz CT molecular complexity index is 1080. The number of hydrogen-bond acceptors (Lipinski definition) is 6. The summed E-state index contributed by atoms with van der Waals surface area (Å²) >= 11 is 6.23. The van der Waals surface area contributed by atoms with Crippen LogP contribution < -0.4 is 0 Å². The van der Waals surface area contributed by atoms with Crippen LogP contribution in [0.1, 0.15) is 48.1 Å². The summed E-state index contributed by atoms with van der Waals surface area (Å²) in [5, 5.41) is 5.07. The van der Waals surface area contributed by atoms with Crippen molar-refractivity contribution in [3.8, 4) is 0 Å². The lowest BCUT2D eigenvalue weighted by Crippen LogP contribution is -2.42. The van der Waals surface area contributed by atoms with Gasteiger partial charge in [0.05, 0.1) is 29.3 Å². The summed E-state index contributed by atoms with van der Waals surface area (Å²) in [6, 6.07) is 5.59. The molecule has 0 amide bonds. The van der Waals surface area contributed by atoms with E-state index in [2.05, 4.69) is 10.00 Å². The molecule has 0 bridgehead atoms. The van der Waals surface area contributed by atoms with E-state index in [0.29, 0.717) is 11.4 Å². The van der Waals surface area contributed by atoms with E-state index in [9.17, 15) is 13.2 Å². The highest BCUT2D eigenvalue weighted by molar-refractivity contribution is 7.91. The number of aldehydes is 1. The molecule has 2 fully saturated rings. The third-order valence-electron chi connectivity index (χ3n) is 6.60. The minimum absolute atomic E-state index is 0.0539. The predicted octanol–water partition coefficient (Wildman–Crippen LogP) is 2.66. The monoisotopic (exact) mass is 449 g/mol. The summed E-state index contributed by atoms with van der Waals surface area (Å²) in [6.45, 7) is 2.43. The van der Waals surface area contributed by atoms with Crippen molar-refractivity contribution in [2.75, 3.05) is 24.6 Å².